The second-order valence-corrected chi connectivity index (χ2v) is 3.85. The first kappa shape index (κ1) is 11.5. The van der Waals surface area contributed by atoms with Gasteiger partial charge in [-0.2, -0.15) is 0 Å². The molecule has 0 unspecified atom stereocenters. The van der Waals surface area contributed by atoms with E-state index in [1.54, 1.807) is 13.2 Å². The van der Waals surface area contributed by atoms with Gasteiger partial charge in [-0.1, -0.05) is 12.1 Å². The number of phenolic OH excluding ortho intramolecular Hbond substituents is 1. The summed E-state index contributed by atoms with van der Waals surface area (Å²) in [7, 11) is 1.62. The van der Waals surface area contributed by atoms with Crippen molar-refractivity contribution in [3.05, 3.63) is 47.8 Å². The fourth-order valence-corrected chi connectivity index (χ4v) is 1.75. The summed E-state index contributed by atoms with van der Waals surface area (Å²) < 4.78 is 18.1. The predicted octanol–water partition coefficient (Wildman–Crippen LogP) is 3.52. The van der Waals surface area contributed by atoms with Gasteiger partial charge in [0.15, 0.2) is 11.6 Å². The van der Waals surface area contributed by atoms with Crippen molar-refractivity contribution in [2.24, 2.45) is 0 Å². The number of methoxy groups -OCH3 is 1. The summed E-state index contributed by atoms with van der Waals surface area (Å²) in [4.78, 5) is 0. The average Bonchev–Trinajstić information content (AvgIpc) is 2.32. The molecular weight excluding hydrogens is 219 g/mol. The molecule has 17 heavy (non-hydrogen) atoms. The van der Waals surface area contributed by atoms with E-state index in [0.717, 1.165) is 22.4 Å². The maximum atomic E-state index is 12.9. The van der Waals surface area contributed by atoms with Crippen LogP contribution in [0.25, 0.3) is 11.1 Å². The molecule has 0 aliphatic carbocycles. The van der Waals surface area contributed by atoms with Crippen molar-refractivity contribution in [2.45, 2.75) is 6.92 Å². The molecule has 0 atom stereocenters. The molecule has 88 valence electrons. The highest BCUT2D eigenvalue weighted by molar-refractivity contribution is 5.67. The maximum Gasteiger partial charge on any atom is 0.164 e. The van der Waals surface area contributed by atoms with E-state index in [9.17, 15) is 9.50 Å². The molecule has 0 saturated carbocycles. The Balaban J connectivity index is 2.46. The van der Waals surface area contributed by atoms with Gasteiger partial charge in [0.2, 0.25) is 0 Å². The Morgan fingerprint density at radius 1 is 1.06 bits per heavy atom. The minimum absolute atomic E-state index is 0.337. The molecule has 2 rings (SSSR count). The molecule has 0 saturated heterocycles. The third kappa shape index (κ3) is 2.23. The third-order valence-corrected chi connectivity index (χ3v) is 2.67. The Kier molecular flexibility index (Phi) is 3.00. The van der Waals surface area contributed by atoms with Gasteiger partial charge in [0, 0.05) is 0 Å². The summed E-state index contributed by atoms with van der Waals surface area (Å²) in [6.45, 7) is 1.94. The second kappa shape index (κ2) is 4.45. The number of rotatable bonds is 2. The van der Waals surface area contributed by atoms with Crippen LogP contribution in [-0.4, -0.2) is 12.2 Å². The highest BCUT2D eigenvalue weighted by Gasteiger charge is 2.05. The molecule has 0 radical (unpaired) electrons. The van der Waals surface area contributed by atoms with E-state index in [1.807, 2.05) is 25.1 Å². The van der Waals surface area contributed by atoms with Crippen molar-refractivity contribution in [3.63, 3.8) is 0 Å². The van der Waals surface area contributed by atoms with Crippen LogP contribution in [0.3, 0.4) is 0 Å². The number of hydrogen-bond donors (Lipinski definition) is 1. The minimum Gasteiger partial charge on any atom is -0.505 e. The summed E-state index contributed by atoms with van der Waals surface area (Å²) in [5.41, 5.74) is 2.68. The molecule has 0 aliphatic heterocycles. The molecule has 2 aromatic rings. The fourth-order valence-electron chi connectivity index (χ4n) is 1.75. The number of aromatic hydroxyl groups is 1. The van der Waals surface area contributed by atoms with Gasteiger partial charge in [-0.15, -0.1) is 0 Å². The number of phenols is 1. The molecule has 0 heterocycles. The smallest absolute Gasteiger partial charge is 0.164 e. The van der Waals surface area contributed by atoms with E-state index >= 15 is 0 Å². The normalized spacial score (nSPS) is 10.3. The predicted molar refractivity (Wildman–Crippen MR) is 64.8 cm³/mol. The molecule has 1 N–H and O–H groups in total. The zero-order valence-corrected chi connectivity index (χ0v) is 9.70. The lowest BCUT2D eigenvalue weighted by atomic mass is 10.0. The zero-order chi connectivity index (χ0) is 12.4. The first-order valence-corrected chi connectivity index (χ1v) is 5.25. The van der Waals surface area contributed by atoms with E-state index < -0.39 is 5.82 Å². The fraction of sp³-hybridized carbons (Fsp3) is 0.143. The van der Waals surface area contributed by atoms with Gasteiger partial charge in [0.25, 0.3) is 0 Å². The van der Waals surface area contributed by atoms with Gasteiger partial charge < -0.3 is 9.84 Å². The Labute approximate surface area is 99.3 Å². The van der Waals surface area contributed by atoms with Crippen LogP contribution in [0.1, 0.15) is 5.56 Å². The van der Waals surface area contributed by atoms with Crippen LogP contribution >= 0.6 is 0 Å². The Bertz CT molecular complexity index is 550. The lowest BCUT2D eigenvalue weighted by Crippen LogP contribution is -1.88. The van der Waals surface area contributed by atoms with E-state index in [-0.39, 0.29) is 5.75 Å². The van der Waals surface area contributed by atoms with Gasteiger partial charge >= 0.3 is 0 Å². The lowest BCUT2D eigenvalue weighted by Gasteiger charge is -2.08. The van der Waals surface area contributed by atoms with Gasteiger partial charge in [-0.25, -0.2) is 4.39 Å². The first-order valence-electron chi connectivity index (χ1n) is 5.25. The zero-order valence-electron chi connectivity index (χ0n) is 9.70. The van der Waals surface area contributed by atoms with Crippen LogP contribution in [0.15, 0.2) is 36.4 Å². The van der Waals surface area contributed by atoms with Gasteiger partial charge in [-0.3, -0.25) is 0 Å². The third-order valence-electron chi connectivity index (χ3n) is 2.67. The topological polar surface area (TPSA) is 29.5 Å². The molecular formula is C14H13FO2. The molecule has 0 aliphatic rings. The Morgan fingerprint density at radius 3 is 2.29 bits per heavy atom. The van der Waals surface area contributed by atoms with Crippen LogP contribution in [0.4, 0.5) is 4.39 Å². The van der Waals surface area contributed by atoms with Gasteiger partial charge in [-0.05, 0) is 47.9 Å². The Morgan fingerprint density at radius 2 is 1.71 bits per heavy atom. The molecule has 2 nitrogen and oxygen atoms in total. The van der Waals surface area contributed by atoms with Crippen molar-refractivity contribution in [1.29, 1.82) is 0 Å². The maximum absolute atomic E-state index is 12.9. The van der Waals surface area contributed by atoms with Crippen LogP contribution in [0.2, 0.25) is 0 Å². The molecule has 0 bridgehead atoms. The first-order chi connectivity index (χ1) is 8.11. The molecule has 3 heteroatoms. The number of ether oxygens (including phenoxy) is 1. The molecule has 0 amide bonds. The van der Waals surface area contributed by atoms with Crippen molar-refractivity contribution in [2.75, 3.05) is 7.11 Å². The van der Waals surface area contributed by atoms with Gasteiger partial charge in [0.1, 0.15) is 5.75 Å². The SMILES string of the molecule is COc1ccc(-c2ccc(F)c(O)c2)cc1C. The number of hydrogen-bond acceptors (Lipinski definition) is 2. The van der Waals surface area contributed by atoms with Crippen molar-refractivity contribution in [1.82, 2.24) is 0 Å². The van der Waals surface area contributed by atoms with Gasteiger partial charge in [0.05, 0.1) is 7.11 Å². The summed E-state index contributed by atoms with van der Waals surface area (Å²) in [5, 5.41) is 9.33. The summed E-state index contributed by atoms with van der Waals surface area (Å²) >= 11 is 0. The highest BCUT2D eigenvalue weighted by atomic mass is 19.1. The van der Waals surface area contributed by atoms with Crippen molar-refractivity contribution < 1.29 is 14.2 Å². The summed E-state index contributed by atoms with van der Waals surface area (Å²) in [5.74, 6) is -0.143. The Hall–Kier alpha value is -2.03. The number of benzene rings is 2. The van der Waals surface area contributed by atoms with E-state index in [0.29, 0.717) is 0 Å². The van der Waals surface area contributed by atoms with E-state index in [4.69, 9.17) is 4.74 Å². The number of halogens is 1. The monoisotopic (exact) mass is 232 g/mol. The van der Waals surface area contributed by atoms with E-state index in [1.165, 1.54) is 12.1 Å². The summed E-state index contributed by atoms with van der Waals surface area (Å²) in [6, 6.07) is 9.96. The minimum atomic E-state index is -0.612. The van der Waals surface area contributed by atoms with Crippen molar-refractivity contribution >= 4 is 0 Å². The molecule has 0 fully saturated rings. The van der Waals surface area contributed by atoms with Crippen LogP contribution in [-0.2, 0) is 0 Å². The van der Waals surface area contributed by atoms with Crippen LogP contribution in [0.5, 0.6) is 11.5 Å². The standard InChI is InChI=1S/C14H13FO2/c1-9-7-10(4-6-14(9)17-2)11-3-5-12(15)13(16)8-11/h3-8,16H,1-2H3. The van der Waals surface area contributed by atoms with E-state index in [2.05, 4.69) is 0 Å². The molecule has 0 aromatic heterocycles. The van der Waals surface area contributed by atoms with Crippen molar-refractivity contribution in [3.8, 4) is 22.6 Å². The second-order valence-electron chi connectivity index (χ2n) is 3.85. The molecule has 0 spiro atoms. The number of aryl methyl sites for hydroxylation is 1. The molecule has 2 aromatic carbocycles. The van der Waals surface area contributed by atoms with Crippen LogP contribution < -0.4 is 4.74 Å². The summed E-state index contributed by atoms with van der Waals surface area (Å²) in [6.07, 6.45) is 0. The average molecular weight is 232 g/mol. The van der Waals surface area contributed by atoms with Crippen LogP contribution in [0, 0.1) is 12.7 Å². The largest absolute Gasteiger partial charge is 0.505 e. The highest BCUT2D eigenvalue weighted by Crippen LogP contribution is 2.29. The quantitative estimate of drug-likeness (QED) is 0.858. The lowest BCUT2D eigenvalue weighted by molar-refractivity contribution is 0.412.